The zero-order chi connectivity index (χ0) is 21.2. The third-order valence-electron chi connectivity index (χ3n) is 5.00. The summed E-state index contributed by atoms with van der Waals surface area (Å²) < 4.78 is 13.3. The molecule has 0 saturated heterocycles. The highest BCUT2D eigenvalue weighted by atomic mass is 32.1. The molecule has 0 radical (unpaired) electrons. The second-order valence-electron chi connectivity index (χ2n) is 7.17. The van der Waals surface area contributed by atoms with Gasteiger partial charge in [0, 0.05) is 28.9 Å². The third-order valence-corrected chi connectivity index (χ3v) is 5.96. The molecular formula is C25H21N3O2S. The van der Waals surface area contributed by atoms with Gasteiger partial charge in [-0.15, -0.1) is 11.3 Å². The van der Waals surface area contributed by atoms with Gasteiger partial charge in [0.25, 0.3) is 5.89 Å². The number of hydrogen-bond acceptors (Lipinski definition) is 5. The van der Waals surface area contributed by atoms with Crippen molar-refractivity contribution in [1.82, 2.24) is 14.7 Å². The number of nitrogens with zero attached hydrogens (tertiary/aromatic N) is 3. The van der Waals surface area contributed by atoms with Gasteiger partial charge in [-0.25, -0.2) is 0 Å². The van der Waals surface area contributed by atoms with Crippen molar-refractivity contribution in [3.05, 3.63) is 84.0 Å². The summed E-state index contributed by atoms with van der Waals surface area (Å²) in [6, 6.07) is 20.3. The van der Waals surface area contributed by atoms with Crippen LogP contribution in [0.25, 0.3) is 39.0 Å². The van der Waals surface area contributed by atoms with Gasteiger partial charge in [-0.1, -0.05) is 35.0 Å². The van der Waals surface area contributed by atoms with E-state index in [0.29, 0.717) is 18.3 Å². The summed E-state index contributed by atoms with van der Waals surface area (Å²) in [6.07, 6.45) is 4.07. The van der Waals surface area contributed by atoms with Crippen molar-refractivity contribution in [2.45, 2.75) is 13.8 Å². The molecule has 0 saturated carbocycles. The molecule has 6 heteroatoms. The van der Waals surface area contributed by atoms with Crippen LogP contribution in [0.2, 0.25) is 0 Å². The molecule has 5 nitrogen and oxygen atoms in total. The average molecular weight is 428 g/mol. The molecule has 0 bridgehead atoms. The normalized spacial score (nSPS) is 11.0. The fourth-order valence-corrected chi connectivity index (χ4v) is 4.55. The first-order valence-electron chi connectivity index (χ1n) is 10.1. The van der Waals surface area contributed by atoms with Gasteiger partial charge in [0.05, 0.1) is 12.3 Å². The van der Waals surface area contributed by atoms with E-state index in [4.69, 9.17) is 14.2 Å². The van der Waals surface area contributed by atoms with Crippen LogP contribution in [0.4, 0.5) is 0 Å². The van der Waals surface area contributed by atoms with E-state index in [0.717, 1.165) is 33.0 Å². The van der Waals surface area contributed by atoms with Gasteiger partial charge in [-0.05, 0) is 55.8 Å². The lowest BCUT2D eigenvalue weighted by Gasteiger charge is -2.08. The lowest BCUT2D eigenvalue weighted by atomic mass is 10.0. The SMILES string of the molecule is CCOc1ccc(-c2noc(-c3scc(-c4cccc(C)c4)c3-n3cccc3)n2)cc1. The Morgan fingerprint density at radius 1 is 1.00 bits per heavy atom. The van der Waals surface area contributed by atoms with Gasteiger partial charge in [0.15, 0.2) is 0 Å². The van der Waals surface area contributed by atoms with Crippen LogP contribution in [0, 0.1) is 6.92 Å². The zero-order valence-corrected chi connectivity index (χ0v) is 18.1. The summed E-state index contributed by atoms with van der Waals surface area (Å²) in [6.45, 7) is 4.70. The van der Waals surface area contributed by atoms with Crippen molar-refractivity contribution >= 4 is 11.3 Å². The fraction of sp³-hybridized carbons (Fsp3) is 0.120. The largest absolute Gasteiger partial charge is 0.494 e. The van der Waals surface area contributed by atoms with Gasteiger partial charge in [-0.2, -0.15) is 4.98 Å². The van der Waals surface area contributed by atoms with Gasteiger partial charge in [0.2, 0.25) is 5.82 Å². The summed E-state index contributed by atoms with van der Waals surface area (Å²) in [5.41, 5.74) is 5.45. The van der Waals surface area contributed by atoms with Crippen LogP contribution in [0.3, 0.4) is 0 Å². The zero-order valence-electron chi connectivity index (χ0n) is 17.3. The second kappa shape index (κ2) is 8.24. The number of ether oxygens (including phenoxy) is 1. The van der Waals surface area contributed by atoms with Crippen molar-refractivity contribution in [2.75, 3.05) is 6.61 Å². The molecule has 2 aromatic carbocycles. The van der Waals surface area contributed by atoms with Crippen LogP contribution >= 0.6 is 11.3 Å². The molecule has 3 heterocycles. The highest BCUT2D eigenvalue weighted by Crippen LogP contribution is 2.41. The summed E-state index contributed by atoms with van der Waals surface area (Å²) >= 11 is 1.61. The first-order chi connectivity index (χ1) is 15.2. The van der Waals surface area contributed by atoms with Gasteiger partial charge in [0.1, 0.15) is 10.6 Å². The maximum absolute atomic E-state index is 5.70. The molecule has 0 amide bonds. The molecule has 0 unspecified atom stereocenters. The van der Waals surface area contributed by atoms with E-state index in [1.807, 2.05) is 55.7 Å². The minimum absolute atomic E-state index is 0.511. The average Bonchev–Trinajstić information content (AvgIpc) is 3.54. The van der Waals surface area contributed by atoms with Crippen LogP contribution in [0.1, 0.15) is 12.5 Å². The van der Waals surface area contributed by atoms with Gasteiger partial charge >= 0.3 is 0 Å². The summed E-state index contributed by atoms with van der Waals surface area (Å²) in [4.78, 5) is 5.64. The third kappa shape index (κ3) is 3.78. The quantitative estimate of drug-likeness (QED) is 0.305. The van der Waals surface area contributed by atoms with E-state index in [1.54, 1.807) is 11.3 Å². The summed E-state index contributed by atoms with van der Waals surface area (Å²) in [5.74, 6) is 1.89. The maximum atomic E-state index is 5.70. The molecule has 5 rings (SSSR count). The van der Waals surface area contributed by atoms with Crippen molar-refractivity contribution in [1.29, 1.82) is 0 Å². The van der Waals surface area contributed by atoms with Crippen LogP contribution in [0.5, 0.6) is 5.75 Å². The van der Waals surface area contributed by atoms with E-state index in [2.05, 4.69) is 46.3 Å². The maximum Gasteiger partial charge on any atom is 0.270 e. The van der Waals surface area contributed by atoms with Crippen LogP contribution < -0.4 is 4.74 Å². The van der Waals surface area contributed by atoms with Crippen LogP contribution in [-0.2, 0) is 0 Å². The molecule has 0 atom stereocenters. The van der Waals surface area contributed by atoms with Crippen molar-refractivity contribution in [3.63, 3.8) is 0 Å². The predicted octanol–water partition coefficient (Wildman–Crippen LogP) is 6.63. The Balaban J connectivity index is 1.57. The number of aryl methyl sites for hydroxylation is 1. The molecule has 0 aliphatic rings. The number of aromatic nitrogens is 3. The lowest BCUT2D eigenvalue weighted by molar-refractivity contribution is 0.340. The van der Waals surface area contributed by atoms with Crippen molar-refractivity contribution in [2.24, 2.45) is 0 Å². The molecule has 0 spiro atoms. The van der Waals surface area contributed by atoms with E-state index in [-0.39, 0.29) is 0 Å². The highest BCUT2D eigenvalue weighted by molar-refractivity contribution is 7.14. The highest BCUT2D eigenvalue weighted by Gasteiger charge is 2.21. The van der Waals surface area contributed by atoms with Crippen molar-refractivity contribution in [3.8, 4) is 44.7 Å². The van der Waals surface area contributed by atoms with Crippen LogP contribution in [-0.4, -0.2) is 21.3 Å². The molecule has 31 heavy (non-hydrogen) atoms. The molecule has 5 aromatic rings. The Hall–Kier alpha value is -3.64. The van der Waals surface area contributed by atoms with E-state index < -0.39 is 0 Å². The fourth-order valence-electron chi connectivity index (χ4n) is 3.56. The molecule has 0 fully saturated rings. The number of hydrogen-bond donors (Lipinski definition) is 0. The Morgan fingerprint density at radius 2 is 1.81 bits per heavy atom. The van der Waals surface area contributed by atoms with E-state index >= 15 is 0 Å². The first kappa shape index (κ1) is 19.3. The summed E-state index contributed by atoms with van der Waals surface area (Å²) in [5, 5.41) is 6.38. The Labute approximate surface area is 184 Å². The van der Waals surface area contributed by atoms with E-state index in [9.17, 15) is 0 Å². The molecular weight excluding hydrogens is 406 g/mol. The van der Waals surface area contributed by atoms with Crippen LogP contribution in [0.15, 0.2) is 83.0 Å². The molecule has 154 valence electrons. The lowest BCUT2D eigenvalue weighted by Crippen LogP contribution is -1.93. The minimum atomic E-state index is 0.511. The molecule has 3 aromatic heterocycles. The Morgan fingerprint density at radius 3 is 2.55 bits per heavy atom. The monoisotopic (exact) mass is 427 g/mol. The minimum Gasteiger partial charge on any atom is -0.494 e. The molecule has 0 N–H and O–H groups in total. The Bertz CT molecular complexity index is 1300. The second-order valence-corrected chi connectivity index (χ2v) is 8.05. The van der Waals surface area contributed by atoms with Gasteiger partial charge < -0.3 is 13.8 Å². The van der Waals surface area contributed by atoms with Crippen molar-refractivity contribution < 1.29 is 9.26 Å². The molecule has 0 aliphatic carbocycles. The van der Waals surface area contributed by atoms with E-state index in [1.165, 1.54) is 5.56 Å². The number of rotatable bonds is 6. The molecule has 0 aliphatic heterocycles. The smallest absolute Gasteiger partial charge is 0.270 e. The number of benzene rings is 2. The first-order valence-corrected chi connectivity index (χ1v) is 11.0. The summed E-state index contributed by atoms with van der Waals surface area (Å²) in [7, 11) is 0. The Kier molecular flexibility index (Phi) is 5.14. The number of thiophene rings is 1. The topological polar surface area (TPSA) is 53.1 Å². The standard InChI is InChI=1S/C25H21N3O2S/c1-3-29-20-11-9-18(10-12-20)24-26-25(30-27-24)23-22(28-13-4-5-14-28)21(16-31-23)19-8-6-7-17(2)15-19/h4-16H,3H2,1-2H3. The predicted molar refractivity (Wildman–Crippen MR) is 124 cm³/mol. The van der Waals surface area contributed by atoms with Gasteiger partial charge in [-0.3, -0.25) is 0 Å².